The van der Waals surface area contributed by atoms with Gasteiger partial charge in [0.1, 0.15) is 0 Å². The molecule has 2 aliphatic heterocycles. The van der Waals surface area contributed by atoms with Crippen molar-refractivity contribution in [3.63, 3.8) is 0 Å². The summed E-state index contributed by atoms with van der Waals surface area (Å²) < 4.78 is 0. The fourth-order valence-corrected chi connectivity index (χ4v) is 4.58. The van der Waals surface area contributed by atoms with Crippen molar-refractivity contribution in [2.24, 2.45) is 5.92 Å². The number of nitrogens with zero attached hydrogens (tertiary/aromatic N) is 1. The summed E-state index contributed by atoms with van der Waals surface area (Å²) in [5, 5.41) is 6.47. The Kier molecular flexibility index (Phi) is 4.53. The first-order valence-electron chi connectivity index (χ1n) is 9.56. The molecular weight excluding hydrogens is 330 g/mol. The van der Waals surface area contributed by atoms with Gasteiger partial charge in [-0.15, -0.1) is 0 Å². The van der Waals surface area contributed by atoms with Crippen molar-refractivity contribution in [1.29, 1.82) is 0 Å². The maximum Gasteiger partial charge on any atom is 0.241 e. The molecule has 1 aromatic rings. The lowest BCUT2D eigenvalue weighted by atomic mass is 9.85. The van der Waals surface area contributed by atoms with Crippen LogP contribution in [0.15, 0.2) is 18.2 Å². The maximum atomic E-state index is 12.6. The molecule has 0 aromatic heterocycles. The van der Waals surface area contributed by atoms with Gasteiger partial charge in [0.15, 0.2) is 0 Å². The molecule has 3 atom stereocenters. The second-order valence-electron chi connectivity index (χ2n) is 7.72. The van der Waals surface area contributed by atoms with Gasteiger partial charge in [0.2, 0.25) is 17.7 Å². The first-order chi connectivity index (χ1) is 12.5. The smallest absolute Gasteiger partial charge is 0.241 e. The first-order valence-corrected chi connectivity index (χ1v) is 9.56. The van der Waals surface area contributed by atoms with Crippen LogP contribution in [0.3, 0.4) is 0 Å². The molecule has 0 bridgehead atoms. The predicted molar refractivity (Wildman–Crippen MR) is 98.8 cm³/mol. The van der Waals surface area contributed by atoms with Gasteiger partial charge >= 0.3 is 0 Å². The van der Waals surface area contributed by atoms with Crippen molar-refractivity contribution < 1.29 is 14.4 Å². The molecule has 3 unspecified atom stereocenters. The van der Waals surface area contributed by atoms with Gasteiger partial charge < -0.3 is 10.6 Å². The number of hydrogen-bond donors (Lipinski definition) is 2. The normalized spacial score (nSPS) is 28.3. The molecule has 2 N–H and O–H groups in total. The molecule has 2 heterocycles. The van der Waals surface area contributed by atoms with E-state index in [1.807, 2.05) is 13.0 Å². The SMILES string of the molecule is Cc1cc(NC(=O)C2CC3CCCCC3N2)ccc1N1C(=O)CCC1=O. The van der Waals surface area contributed by atoms with Crippen molar-refractivity contribution >= 4 is 29.1 Å². The number of hydrogen-bond acceptors (Lipinski definition) is 4. The Hall–Kier alpha value is -2.21. The fraction of sp³-hybridized carbons (Fsp3) is 0.550. The number of carbonyl (C=O) groups is 3. The third-order valence-corrected chi connectivity index (χ3v) is 5.94. The van der Waals surface area contributed by atoms with Crippen LogP contribution in [0.4, 0.5) is 11.4 Å². The Morgan fingerprint density at radius 1 is 1.15 bits per heavy atom. The molecule has 3 fully saturated rings. The number of anilines is 2. The molecule has 6 nitrogen and oxygen atoms in total. The van der Waals surface area contributed by atoms with Crippen LogP contribution in [0.25, 0.3) is 0 Å². The van der Waals surface area contributed by atoms with E-state index in [1.54, 1.807) is 12.1 Å². The van der Waals surface area contributed by atoms with E-state index >= 15 is 0 Å². The lowest BCUT2D eigenvalue weighted by molar-refractivity contribution is -0.121. The van der Waals surface area contributed by atoms with Crippen molar-refractivity contribution in [2.75, 3.05) is 10.2 Å². The highest BCUT2D eigenvalue weighted by molar-refractivity contribution is 6.20. The highest BCUT2D eigenvalue weighted by Gasteiger charge is 2.38. The van der Waals surface area contributed by atoms with Gasteiger partial charge in [-0.05, 0) is 55.9 Å². The van der Waals surface area contributed by atoms with Gasteiger partial charge in [0.05, 0.1) is 11.7 Å². The second kappa shape index (κ2) is 6.83. The molecule has 4 rings (SSSR count). The molecule has 1 aliphatic carbocycles. The Morgan fingerprint density at radius 3 is 2.58 bits per heavy atom. The van der Waals surface area contributed by atoms with Crippen molar-refractivity contribution in [3.05, 3.63) is 23.8 Å². The molecule has 1 aromatic carbocycles. The first kappa shape index (κ1) is 17.2. The summed E-state index contributed by atoms with van der Waals surface area (Å²) >= 11 is 0. The zero-order valence-electron chi connectivity index (χ0n) is 15.1. The molecule has 1 saturated carbocycles. The van der Waals surface area contributed by atoms with Crippen LogP contribution in [0, 0.1) is 12.8 Å². The molecule has 26 heavy (non-hydrogen) atoms. The molecule has 2 saturated heterocycles. The van der Waals surface area contributed by atoms with Gasteiger partial charge in [-0.3, -0.25) is 19.3 Å². The van der Waals surface area contributed by atoms with Gasteiger partial charge in [0, 0.05) is 24.6 Å². The zero-order valence-corrected chi connectivity index (χ0v) is 15.1. The average molecular weight is 355 g/mol. The summed E-state index contributed by atoms with van der Waals surface area (Å²) in [5.74, 6) is 0.302. The van der Waals surface area contributed by atoms with Crippen LogP contribution in [0.2, 0.25) is 0 Å². The van der Waals surface area contributed by atoms with E-state index in [2.05, 4.69) is 10.6 Å². The summed E-state index contributed by atoms with van der Waals surface area (Å²) in [7, 11) is 0. The molecule has 6 heteroatoms. The average Bonchev–Trinajstić information content (AvgIpc) is 3.19. The summed E-state index contributed by atoms with van der Waals surface area (Å²) in [4.78, 5) is 37.7. The van der Waals surface area contributed by atoms with Gasteiger partial charge in [-0.25, -0.2) is 0 Å². The largest absolute Gasteiger partial charge is 0.325 e. The van der Waals surface area contributed by atoms with E-state index in [-0.39, 0.29) is 36.6 Å². The molecule has 3 aliphatic rings. The number of benzene rings is 1. The lowest BCUT2D eigenvalue weighted by Gasteiger charge is -2.24. The highest BCUT2D eigenvalue weighted by atomic mass is 16.2. The Bertz CT molecular complexity index is 731. The molecule has 3 amide bonds. The minimum Gasteiger partial charge on any atom is -0.325 e. The van der Waals surface area contributed by atoms with Gasteiger partial charge in [-0.2, -0.15) is 0 Å². The summed E-state index contributed by atoms with van der Waals surface area (Å²) in [6.45, 7) is 1.85. The number of amides is 3. The number of carbonyl (C=O) groups excluding carboxylic acids is 3. The zero-order chi connectivity index (χ0) is 18.3. The second-order valence-corrected chi connectivity index (χ2v) is 7.72. The van der Waals surface area contributed by atoms with E-state index in [9.17, 15) is 14.4 Å². The minimum atomic E-state index is -0.160. The summed E-state index contributed by atoms with van der Waals surface area (Å²) in [6, 6.07) is 5.68. The Balaban J connectivity index is 1.44. The van der Waals surface area contributed by atoms with Crippen molar-refractivity contribution in [3.8, 4) is 0 Å². The number of rotatable bonds is 3. The summed E-state index contributed by atoms with van der Waals surface area (Å²) in [5.41, 5.74) is 2.12. The fourth-order valence-electron chi connectivity index (χ4n) is 4.58. The van der Waals surface area contributed by atoms with E-state index in [0.29, 0.717) is 23.3 Å². The highest BCUT2D eigenvalue weighted by Crippen LogP contribution is 2.34. The lowest BCUT2D eigenvalue weighted by Crippen LogP contribution is -2.39. The third-order valence-electron chi connectivity index (χ3n) is 5.94. The minimum absolute atomic E-state index is 0.000115. The van der Waals surface area contributed by atoms with Crippen LogP contribution in [0.1, 0.15) is 50.5 Å². The number of fused-ring (bicyclic) bond motifs is 1. The number of imide groups is 1. The van der Waals surface area contributed by atoms with E-state index < -0.39 is 0 Å². The summed E-state index contributed by atoms with van der Waals surface area (Å²) in [6.07, 6.45) is 6.35. The third kappa shape index (κ3) is 3.14. The van der Waals surface area contributed by atoms with E-state index in [0.717, 1.165) is 12.0 Å². The monoisotopic (exact) mass is 355 g/mol. The van der Waals surface area contributed by atoms with E-state index in [1.165, 1.54) is 30.6 Å². The number of aryl methyl sites for hydroxylation is 1. The van der Waals surface area contributed by atoms with Crippen molar-refractivity contribution in [1.82, 2.24) is 5.32 Å². The predicted octanol–water partition coefficient (Wildman–Crippen LogP) is 2.51. The van der Waals surface area contributed by atoms with Crippen LogP contribution < -0.4 is 15.5 Å². The maximum absolute atomic E-state index is 12.6. The molecule has 138 valence electrons. The molecule has 0 radical (unpaired) electrons. The van der Waals surface area contributed by atoms with Gasteiger partial charge in [-0.1, -0.05) is 12.8 Å². The number of nitrogens with one attached hydrogen (secondary N) is 2. The quantitative estimate of drug-likeness (QED) is 0.817. The Labute approximate surface area is 153 Å². The standard InChI is InChI=1S/C20H25N3O3/c1-12-10-14(6-7-17(12)23-18(24)8-9-19(23)25)21-20(26)16-11-13-4-2-3-5-15(13)22-16/h6-7,10,13,15-16,22H,2-5,8-9,11H2,1H3,(H,21,26). The van der Waals surface area contributed by atoms with Gasteiger partial charge in [0.25, 0.3) is 0 Å². The van der Waals surface area contributed by atoms with Crippen LogP contribution >= 0.6 is 0 Å². The molecular formula is C20H25N3O3. The van der Waals surface area contributed by atoms with Crippen LogP contribution in [0.5, 0.6) is 0 Å². The topological polar surface area (TPSA) is 78.5 Å². The molecule has 0 spiro atoms. The van der Waals surface area contributed by atoms with E-state index in [4.69, 9.17) is 0 Å². The Morgan fingerprint density at radius 2 is 1.88 bits per heavy atom. The van der Waals surface area contributed by atoms with Crippen LogP contribution in [-0.4, -0.2) is 29.8 Å². The van der Waals surface area contributed by atoms with Crippen LogP contribution in [-0.2, 0) is 14.4 Å². The van der Waals surface area contributed by atoms with Crippen molar-refractivity contribution in [2.45, 2.75) is 64.0 Å².